The summed E-state index contributed by atoms with van der Waals surface area (Å²) in [6.07, 6.45) is 6.74. The van der Waals surface area contributed by atoms with Crippen molar-refractivity contribution in [2.24, 2.45) is 0 Å². The fraction of sp³-hybridized carbons (Fsp3) is 0.250. The average molecular weight is 390 g/mol. The molecular weight excluding hydrogens is 364 g/mol. The first-order chi connectivity index (χ1) is 14.1. The van der Waals surface area contributed by atoms with Gasteiger partial charge in [0.15, 0.2) is 6.61 Å². The van der Waals surface area contributed by atoms with Gasteiger partial charge in [-0.1, -0.05) is 37.6 Å². The van der Waals surface area contributed by atoms with Gasteiger partial charge in [0.2, 0.25) is 0 Å². The van der Waals surface area contributed by atoms with Crippen molar-refractivity contribution < 1.29 is 9.53 Å². The van der Waals surface area contributed by atoms with Crippen LogP contribution in [0, 0.1) is 0 Å². The molecule has 3 aromatic rings. The van der Waals surface area contributed by atoms with Gasteiger partial charge in [0.1, 0.15) is 5.75 Å². The monoisotopic (exact) mass is 390 g/mol. The molecule has 1 aromatic heterocycles. The summed E-state index contributed by atoms with van der Waals surface area (Å²) < 4.78 is 7.28. The zero-order valence-corrected chi connectivity index (χ0v) is 16.7. The molecule has 2 aromatic carbocycles. The van der Waals surface area contributed by atoms with E-state index >= 15 is 0 Å². The number of nitrogens with one attached hydrogen (secondary N) is 1. The Bertz CT molecular complexity index is 1050. The van der Waals surface area contributed by atoms with Gasteiger partial charge in [-0.05, 0) is 48.7 Å². The fourth-order valence-electron chi connectivity index (χ4n) is 3.17. The third-order valence-corrected chi connectivity index (χ3v) is 4.72. The maximum atomic E-state index is 12.5. The van der Waals surface area contributed by atoms with Crippen LogP contribution in [0.25, 0.3) is 10.8 Å². The van der Waals surface area contributed by atoms with E-state index in [0.717, 1.165) is 24.9 Å². The smallest absolute Gasteiger partial charge is 0.262 e. The van der Waals surface area contributed by atoms with Crippen molar-refractivity contribution in [2.75, 3.05) is 11.9 Å². The Hall–Kier alpha value is -3.34. The summed E-state index contributed by atoms with van der Waals surface area (Å²) in [7, 11) is 0. The Morgan fingerprint density at radius 3 is 2.66 bits per heavy atom. The Morgan fingerprint density at radius 1 is 1.14 bits per heavy atom. The Morgan fingerprint density at radius 2 is 1.93 bits per heavy atom. The van der Waals surface area contributed by atoms with Crippen LogP contribution in [0.3, 0.4) is 0 Å². The van der Waals surface area contributed by atoms with Crippen LogP contribution in [0.5, 0.6) is 5.75 Å². The lowest BCUT2D eigenvalue weighted by Gasteiger charge is -2.11. The number of fused-ring (bicyclic) bond motifs is 1. The van der Waals surface area contributed by atoms with E-state index in [-0.39, 0.29) is 18.1 Å². The molecule has 0 aliphatic rings. The molecule has 0 spiro atoms. The number of allylic oxidation sites excluding steroid dienone is 1. The highest BCUT2D eigenvalue weighted by atomic mass is 16.5. The molecule has 29 heavy (non-hydrogen) atoms. The summed E-state index contributed by atoms with van der Waals surface area (Å²) in [5.74, 6) is 0.263. The number of nitrogens with zero attached hydrogens (tertiary/aromatic N) is 1. The zero-order valence-electron chi connectivity index (χ0n) is 16.7. The molecule has 5 nitrogen and oxygen atoms in total. The molecule has 1 N–H and O–H groups in total. The van der Waals surface area contributed by atoms with E-state index in [1.807, 2.05) is 30.3 Å². The van der Waals surface area contributed by atoms with E-state index in [2.05, 4.69) is 18.8 Å². The first-order valence-electron chi connectivity index (χ1n) is 9.87. The molecule has 150 valence electrons. The summed E-state index contributed by atoms with van der Waals surface area (Å²) in [4.78, 5) is 24.8. The molecular formula is C24H26N2O3. The van der Waals surface area contributed by atoms with E-state index in [4.69, 9.17) is 4.74 Å². The zero-order chi connectivity index (χ0) is 20.6. The van der Waals surface area contributed by atoms with Crippen molar-refractivity contribution >= 4 is 22.4 Å². The lowest BCUT2D eigenvalue weighted by molar-refractivity contribution is -0.118. The molecule has 0 radical (unpaired) electrons. The maximum Gasteiger partial charge on any atom is 0.262 e. The van der Waals surface area contributed by atoms with Gasteiger partial charge in [0, 0.05) is 23.8 Å². The third-order valence-electron chi connectivity index (χ3n) is 4.72. The fourth-order valence-corrected chi connectivity index (χ4v) is 3.17. The van der Waals surface area contributed by atoms with Crippen molar-refractivity contribution in [1.29, 1.82) is 0 Å². The van der Waals surface area contributed by atoms with Gasteiger partial charge < -0.3 is 14.6 Å². The average Bonchev–Trinajstić information content (AvgIpc) is 2.74. The maximum absolute atomic E-state index is 12.5. The molecule has 0 bridgehead atoms. The summed E-state index contributed by atoms with van der Waals surface area (Å²) in [5, 5.41) is 4.08. The topological polar surface area (TPSA) is 60.3 Å². The number of aryl methyl sites for hydroxylation is 1. The number of anilines is 1. The number of benzene rings is 2. The molecule has 1 heterocycles. The molecule has 0 saturated heterocycles. The number of rotatable bonds is 9. The summed E-state index contributed by atoms with van der Waals surface area (Å²) in [5.41, 5.74) is 1.89. The van der Waals surface area contributed by atoms with Gasteiger partial charge in [-0.2, -0.15) is 0 Å². The van der Waals surface area contributed by atoms with Gasteiger partial charge in [-0.25, -0.2) is 0 Å². The highest BCUT2D eigenvalue weighted by Gasteiger charge is 2.09. The number of amides is 1. The van der Waals surface area contributed by atoms with E-state index in [1.54, 1.807) is 35.0 Å². The summed E-state index contributed by atoms with van der Waals surface area (Å²) in [6, 6.07) is 15.0. The van der Waals surface area contributed by atoms with Gasteiger partial charge >= 0.3 is 0 Å². The van der Waals surface area contributed by atoms with E-state index < -0.39 is 0 Å². The summed E-state index contributed by atoms with van der Waals surface area (Å²) >= 11 is 0. The summed E-state index contributed by atoms with van der Waals surface area (Å²) in [6.45, 7) is 6.15. The number of ether oxygens (including phenoxy) is 1. The minimum atomic E-state index is -0.247. The highest BCUT2D eigenvalue weighted by molar-refractivity contribution is 5.92. The van der Waals surface area contributed by atoms with Crippen LogP contribution in [0.4, 0.5) is 5.69 Å². The van der Waals surface area contributed by atoms with Crippen LogP contribution in [0.2, 0.25) is 0 Å². The van der Waals surface area contributed by atoms with E-state index in [0.29, 0.717) is 23.1 Å². The molecule has 1 amide bonds. The Labute approximate surface area is 170 Å². The van der Waals surface area contributed by atoms with Crippen LogP contribution in [0.15, 0.2) is 72.2 Å². The van der Waals surface area contributed by atoms with Crippen LogP contribution >= 0.6 is 0 Å². The number of carbonyl (C=O) groups is 1. The number of hydrogen-bond donors (Lipinski definition) is 1. The Kier molecular flexibility index (Phi) is 6.85. The predicted octanol–water partition coefficient (Wildman–Crippen LogP) is 4.55. The number of hydrogen-bond acceptors (Lipinski definition) is 3. The Balaban J connectivity index is 1.65. The van der Waals surface area contributed by atoms with Crippen molar-refractivity contribution in [3.63, 3.8) is 0 Å². The largest absolute Gasteiger partial charge is 0.483 e. The number of unbranched alkanes of at least 4 members (excludes halogenated alkanes) is 1. The van der Waals surface area contributed by atoms with Crippen molar-refractivity contribution in [2.45, 2.75) is 32.7 Å². The number of aromatic nitrogens is 1. The molecule has 0 fully saturated rings. The molecule has 0 saturated carbocycles. The SMILES string of the molecule is C=CCn1ccc2c(OCC(=O)Nc3ccc(CCCC)cc3)cccc2c1=O. The second kappa shape index (κ2) is 9.73. The second-order valence-electron chi connectivity index (χ2n) is 6.92. The van der Waals surface area contributed by atoms with Crippen LogP contribution in [-0.4, -0.2) is 17.1 Å². The van der Waals surface area contributed by atoms with E-state index in [1.165, 1.54) is 5.56 Å². The lowest BCUT2D eigenvalue weighted by Crippen LogP contribution is -2.21. The van der Waals surface area contributed by atoms with Gasteiger partial charge in [0.25, 0.3) is 11.5 Å². The van der Waals surface area contributed by atoms with Gasteiger partial charge in [0.05, 0.1) is 5.39 Å². The van der Waals surface area contributed by atoms with Crippen LogP contribution in [0.1, 0.15) is 25.3 Å². The van der Waals surface area contributed by atoms with Gasteiger partial charge in [-0.15, -0.1) is 6.58 Å². The number of pyridine rings is 1. The molecule has 3 rings (SSSR count). The van der Waals surface area contributed by atoms with Crippen LogP contribution in [-0.2, 0) is 17.8 Å². The van der Waals surface area contributed by atoms with E-state index in [9.17, 15) is 9.59 Å². The standard InChI is InChI=1S/C24H26N2O3/c1-3-5-7-18-10-12-19(13-11-18)25-23(27)17-29-22-9-6-8-21-20(22)14-16-26(15-4-2)24(21)28/h4,6,8-14,16H,2-3,5,7,15,17H2,1H3,(H,25,27). The molecule has 0 aliphatic heterocycles. The first-order valence-corrected chi connectivity index (χ1v) is 9.87. The molecule has 0 atom stereocenters. The van der Waals surface area contributed by atoms with Crippen LogP contribution < -0.4 is 15.6 Å². The molecule has 5 heteroatoms. The second-order valence-corrected chi connectivity index (χ2v) is 6.92. The third kappa shape index (κ3) is 5.13. The van der Waals surface area contributed by atoms with Crippen molar-refractivity contribution in [3.8, 4) is 5.75 Å². The quantitative estimate of drug-likeness (QED) is 0.546. The minimum Gasteiger partial charge on any atom is -0.483 e. The predicted molar refractivity (Wildman–Crippen MR) is 118 cm³/mol. The normalized spacial score (nSPS) is 10.7. The highest BCUT2D eigenvalue weighted by Crippen LogP contribution is 2.23. The first kappa shape index (κ1) is 20.4. The minimum absolute atomic E-state index is 0.111. The molecule has 0 aliphatic carbocycles. The van der Waals surface area contributed by atoms with Crippen molar-refractivity contribution in [1.82, 2.24) is 4.57 Å². The number of carbonyl (C=O) groups excluding carboxylic acids is 1. The van der Waals surface area contributed by atoms with Crippen molar-refractivity contribution in [3.05, 3.63) is 83.3 Å². The van der Waals surface area contributed by atoms with Gasteiger partial charge in [-0.3, -0.25) is 9.59 Å². The molecule has 0 unspecified atom stereocenters. The lowest BCUT2D eigenvalue weighted by atomic mass is 10.1.